The molecule has 1 aliphatic heterocycles. The summed E-state index contributed by atoms with van der Waals surface area (Å²) in [5.74, 6) is -0.0255. The summed E-state index contributed by atoms with van der Waals surface area (Å²) in [4.78, 5) is 53.4. The van der Waals surface area contributed by atoms with Gasteiger partial charge in [0.25, 0.3) is 0 Å². The second kappa shape index (κ2) is 13.9. The summed E-state index contributed by atoms with van der Waals surface area (Å²) in [6, 6.07) is 4.76. The van der Waals surface area contributed by atoms with Crippen LogP contribution in [0.2, 0.25) is 0 Å². The number of ether oxygens (including phenoxy) is 2. The lowest BCUT2D eigenvalue weighted by molar-refractivity contribution is -0.134. The van der Waals surface area contributed by atoms with Crippen LogP contribution in [0.1, 0.15) is 75.6 Å². The molecule has 3 aliphatic rings. The first kappa shape index (κ1) is 31.7. The van der Waals surface area contributed by atoms with Gasteiger partial charge in [0.2, 0.25) is 17.7 Å². The number of Topliss-reactive ketones (excluding diaryl/α,β-unsaturated/α-hetero) is 1. The zero-order valence-electron chi connectivity index (χ0n) is 25.9. The van der Waals surface area contributed by atoms with Crippen LogP contribution in [0.5, 0.6) is 5.75 Å². The lowest BCUT2D eigenvalue weighted by Gasteiger charge is -2.27. The third-order valence-corrected chi connectivity index (χ3v) is 9.37. The van der Waals surface area contributed by atoms with E-state index in [4.69, 9.17) is 9.47 Å². The van der Waals surface area contributed by atoms with Crippen molar-refractivity contribution in [1.29, 1.82) is 0 Å². The van der Waals surface area contributed by atoms with Gasteiger partial charge in [-0.25, -0.2) is 0 Å². The number of aromatic nitrogens is 2. The number of hydrogen-bond donors (Lipinski definition) is 4. The third-order valence-electron chi connectivity index (χ3n) is 9.37. The number of nitrogens with zero attached hydrogens (tertiary/aromatic N) is 1. The van der Waals surface area contributed by atoms with Crippen molar-refractivity contribution in [2.75, 3.05) is 13.7 Å². The smallest absolute Gasteiger partial charge is 0.243 e. The Labute approximate surface area is 258 Å². The number of epoxide rings is 1. The van der Waals surface area contributed by atoms with Crippen LogP contribution >= 0.6 is 0 Å². The molecule has 2 aliphatic carbocycles. The first-order valence-electron chi connectivity index (χ1n) is 15.9. The zero-order chi connectivity index (χ0) is 31.3. The highest BCUT2D eigenvalue weighted by Gasteiger charge is 2.50. The Balaban J connectivity index is 1.23. The van der Waals surface area contributed by atoms with Crippen LogP contribution < -0.4 is 20.7 Å². The van der Waals surface area contributed by atoms with E-state index in [0.29, 0.717) is 31.1 Å². The molecule has 2 heterocycles. The second-order valence-electron chi connectivity index (χ2n) is 12.9. The molecule has 1 aromatic heterocycles. The lowest BCUT2D eigenvalue weighted by atomic mass is 9.85. The number of ketones is 1. The fraction of sp³-hybridized carbons (Fsp3) is 0.606. The van der Waals surface area contributed by atoms with Crippen molar-refractivity contribution in [3.05, 3.63) is 47.3 Å². The SMILES string of the molecule is COc1ccc(C[C@H](NC(=O)[C@@H](C)NC(=O)C[C@@H]2CCc3[nH]ncc3C2)C(=O)N[C@@H](CC2CCCC2)C(=O)[C@]2(C)CO2)cc1. The summed E-state index contributed by atoms with van der Waals surface area (Å²) < 4.78 is 10.7. The Bertz CT molecular complexity index is 1330. The van der Waals surface area contributed by atoms with Crippen molar-refractivity contribution in [2.24, 2.45) is 11.8 Å². The van der Waals surface area contributed by atoms with E-state index in [1.807, 2.05) is 18.3 Å². The fourth-order valence-corrected chi connectivity index (χ4v) is 6.50. The van der Waals surface area contributed by atoms with Gasteiger partial charge in [0, 0.05) is 18.5 Å². The Morgan fingerprint density at radius 2 is 1.73 bits per heavy atom. The van der Waals surface area contributed by atoms with Gasteiger partial charge in [-0.1, -0.05) is 37.8 Å². The lowest BCUT2D eigenvalue weighted by Crippen LogP contribution is -2.57. The van der Waals surface area contributed by atoms with Gasteiger partial charge in [0.1, 0.15) is 23.4 Å². The van der Waals surface area contributed by atoms with Gasteiger partial charge in [0.05, 0.1) is 26.0 Å². The molecule has 11 heteroatoms. The molecule has 0 radical (unpaired) electrons. The van der Waals surface area contributed by atoms with E-state index in [2.05, 4.69) is 26.1 Å². The highest BCUT2D eigenvalue weighted by molar-refractivity contribution is 5.98. The Morgan fingerprint density at radius 1 is 1.02 bits per heavy atom. The molecule has 1 saturated heterocycles. The van der Waals surface area contributed by atoms with E-state index in [-0.39, 0.29) is 24.0 Å². The summed E-state index contributed by atoms with van der Waals surface area (Å²) in [7, 11) is 1.58. The minimum absolute atomic E-state index is 0.127. The molecule has 2 fully saturated rings. The van der Waals surface area contributed by atoms with Crippen LogP contribution in [-0.4, -0.2) is 71.1 Å². The fourth-order valence-electron chi connectivity index (χ4n) is 6.50. The van der Waals surface area contributed by atoms with E-state index in [9.17, 15) is 19.2 Å². The summed E-state index contributed by atoms with van der Waals surface area (Å²) in [5.41, 5.74) is 2.21. The molecule has 0 spiro atoms. The van der Waals surface area contributed by atoms with E-state index in [1.165, 1.54) is 0 Å². The molecule has 238 valence electrons. The maximum absolute atomic E-state index is 13.8. The standard InChI is InChI=1S/C33H45N5O6/c1-20(35-29(39)17-23-10-13-26-24(14-23)18-34-38-26)31(41)37-28(16-22-8-11-25(43-3)12-9-22)32(42)36-27(15-21-6-4-5-7-21)30(40)33(2)19-44-33/h8-9,11-12,18,20-21,23,27-28H,4-7,10,13-17,19H2,1-3H3,(H,34,38)(H,35,39)(H,36,42)(H,37,41)/t20-,23-,27+,28+,33+/m1/s1. The molecule has 3 amide bonds. The molecule has 11 nitrogen and oxygen atoms in total. The molecule has 5 rings (SSSR count). The van der Waals surface area contributed by atoms with E-state index in [0.717, 1.165) is 61.8 Å². The van der Waals surface area contributed by atoms with Gasteiger partial charge in [-0.2, -0.15) is 5.10 Å². The van der Waals surface area contributed by atoms with Crippen molar-refractivity contribution < 1.29 is 28.7 Å². The zero-order valence-corrected chi connectivity index (χ0v) is 25.9. The van der Waals surface area contributed by atoms with Gasteiger partial charge in [-0.15, -0.1) is 0 Å². The highest BCUT2D eigenvalue weighted by atomic mass is 16.6. The number of carbonyl (C=O) groups is 4. The van der Waals surface area contributed by atoms with Crippen LogP contribution in [0, 0.1) is 11.8 Å². The van der Waals surface area contributed by atoms with E-state index < -0.39 is 35.5 Å². The number of carbonyl (C=O) groups excluding carboxylic acids is 4. The molecule has 0 unspecified atom stereocenters. The molecule has 4 N–H and O–H groups in total. The third kappa shape index (κ3) is 8.05. The predicted octanol–water partition coefficient (Wildman–Crippen LogP) is 2.57. The van der Waals surface area contributed by atoms with Crippen LogP contribution in [-0.2, 0) is 43.2 Å². The summed E-state index contributed by atoms with van der Waals surface area (Å²) in [5, 5.41) is 15.7. The number of H-pyrrole nitrogens is 1. The normalized spacial score (nSPS) is 23.1. The van der Waals surface area contributed by atoms with Gasteiger partial charge in [0.15, 0.2) is 5.78 Å². The predicted molar refractivity (Wildman–Crippen MR) is 163 cm³/mol. The molecule has 0 bridgehead atoms. The number of nitrogens with one attached hydrogen (secondary N) is 4. The highest BCUT2D eigenvalue weighted by Crippen LogP contribution is 2.33. The van der Waals surface area contributed by atoms with Gasteiger partial charge in [-0.3, -0.25) is 24.3 Å². The van der Waals surface area contributed by atoms with Crippen LogP contribution in [0.3, 0.4) is 0 Å². The molecule has 1 aromatic carbocycles. The number of aromatic amines is 1. The minimum Gasteiger partial charge on any atom is -0.497 e. The topological polar surface area (TPSA) is 155 Å². The number of hydrogen-bond acceptors (Lipinski definition) is 7. The number of rotatable bonds is 14. The Kier molecular flexibility index (Phi) is 10.0. The number of amides is 3. The van der Waals surface area contributed by atoms with Gasteiger partial charge >= 0.3 is 0 Å². The first-order valence-corrected chi connectivity index (χ1v) is 15.9. The maximum atomic E-state index is 13.8. The molecule has 5 atom stereocenters. The monoisotopic (exact) mass is 607 g/mol. The largest absolute Gasteiger partial charge is 0.497 e. The van der Waals surface area contributed by atoms with Crippen molar-refractivity contribution >= 4 is 23.5 Å². The number of methoxy groups -OCH3 is 1. The summed E-state index contributed by atoms with van der Waals surface area (Å²) >= 11 is 0. The second-order valence-corrected chi connectivity index (χ2v) is 12.9. The van der Waals surface area contributed by atoms with Crippen LogP contribution in [0.15, 0.2) is 30.5 Å². The maximum Gasteiger partial charge on any atom is 0.243 e. The molecule has 44 heavy (non-hydrogen) atoms. The number of fused-ring (bicyclic) bond motifs is 1. The van der Waals surface area contributed by atoms with Crippen molar-refractivity contribution in [3.63, 3.8) is 0 Å². The summed E-state index contributed by atoms with van der Waals surface area (Å²) in [6.45, 7) is 3.71. The van der Waals surface area contributed by atoms with E-state index >= 15 is 0 Å². The quantitative estimate of drug-likeness (QED) is 0.241. The number of benzene rings is 1. The molecule has 1 saturated carbocycles. The average molecular weight is 608 g/mol. The first-order chi connectivity index (χ1) is 21.1. The van der Waals surface area contributed by atoms with Gasteiger partial charge in [-0.05, 0) is 74.6 Å². The summed E-state index contributed by atoms with van der Waals surface area (Å²) in [6.07, 6.45) is 9.69. The van der Waals surface area contributed by atoms with E-state index in [1.54, 1.807) is 33.1 Å². The molecular weight excluding hydrogens is 562 g/mol. The Morgan fingerprint density at radius 3 is 2.41 bits per heavy atom. The van der Waals surface area contributed by atoms with Crippen molar-refractivity contribution in [2.45, 2.75) is 102 Å². The van der Waals surface area contributed by atoms with Gasteiger partial charge < -0.3 is 25.4 Å². The average Bonchev–Trinajstić information content (AvgIpc) is 3.35. The number of aryl methyl sites for hydroxylation is 1. The minimum atomic E-state index is -0.958. The van der Waals surface area contributed by atoms with Crippen LogP contribution in [0.4, 0.5) is 0 Å². The Hall–Kier alpha value is -3.73. The molecule has 2 aromatic rings. The molecular formula is C33H45N5O6. The van der Waals surface area contributed by atoms with Crippen LogP contribution in [0.25, 0.3) is 0 Å². The van der Waals surface area contributed by atoms with Crippen molar-refractivity contribution in [3.8, 4) is 5.75 Å². The van der Waals surface area contributed by atoms with Crippen molar-refractivity contribution in [1.82, 2.24) is 26.1 Å².